The van der Waals surface area contributed by atoms with E-state index >= 15 is 4.79 Å². The van der Waals surface area contributed by atoms with Gasteiger partial charge in [-0.2, -0.15) is 0 Å². The summed E-state index contributed by atoms with van der Waals surface area (Å²) in [5.74, 6) is 0.477. The Kier molecular flexibility index (Phi) is 15.2. The molecule has 0 unspecified atom stereocenters. The highest BCUT2D eigenvalue weighted by Gasteiger charge is 2.45. The zero-order valence-electron chi connectivity index (χ0n) is 41.2. The lowest BCUT2D eigenvalue weighted by atomic mass is 9.78. The summed E-state index contributed by atoms with van der Waals surface area (Å²) in [6.45, 7) is 42.6. The number of hydrogen-bond acceptors (Lipinski definition) is 8. The van der Waals surface area contributed by atoms with Gasteiger partial charge in [0, 0.05) is 94.5 Å². The molecule has 0 atom stereocenters. The SMILES string of the molecule is CCC(=O)N(CCCN(C(=O)CN(CCCN(C)C1CC(C)(C)NC(C)(C)C1)C1CC(C)(C)NC(C)(C)C1)C1CC(C)(C)NC(C)(C)C1)C1CC(C)(C)NC(C)(C)C1. The van der Waals surface area contributed by atoms with Crippen LogP contribution in [-0.2, 0) is 9.59 Å². The fourth-order valence-corrected chi connectivity index (χ4v) is 13.1. The zero-order valence-corrected chi connectivity index (χ0v) is 41.2. The molecule has 4 rings (SSSR count). The van der Waals surface area contributed by atoms with Crippen LogP contribution in [0.25, 0.3) is 0 Å². The van der Waals surface area contributed by atoms with Gasteiger partial charge in [-0.1, -0.05) is 6.92 Å². The highest BCUT2D eigenvalue weighted by molar-refractivity contribution is 5.79. The van der Waals surface area contributed by atoms with Crippen molar-refractivity contribution in [2.24, 2.45) is 0 Å². The molecule has 10 nitrogen and oxygen atoms in total. The van der Waals surface area contributed by atoms with E-state index in [0.717, 1.165) is 77.3 Å². The molecule has 0 aromatic rings. The van der Waals surface area contributed by atoms with E-state index in [2.05, 4.69) is 159 Å². The maximum atomic E-state index is 15.2. The van der Waals surface area contributed by atoms with E-state index in [1.807, 2.05) is 6.92 Å². The van der Waals surface area contributed by atoms with Crippen LogP contribution in [-0.4, -0.2) is 140 Å². The van der Waals surface area contributed by atoms with Crippen LogP contribution >= 0.6 is 0 Å². The van der Waals surface area contributed by atoms with Crippen LogP contribution in [0, 0.1) is 0 Å². The van der Waals surface area contributed by atoms with Crippen molar-refractivity contribution in [1.29, 1.82) is 0 Å². The topological polar surface area (TPSA) is 95.2 Å². The Morgan fingerprint density at radius 3 is 1.07 bits per heavy atom. The minimum absolute atomic E-state index is 0.0212. The van der Waals surface area contributed by atoms with E-state index in [1.165, 1.54) is 0 Å². The average Bonchev–Trinajstić information content (AvgIpc) is 2.97. The minimum Gasteiger partial charge on any atom is -0.340 e. The molecule has 4 saturated heterocycles. The fraction of sp³-hybridized carbons (Fsp3) is 0.958. The summed E-state index contributed by atoms with van der Waals surface area (Å²) in [5.41, 5.74) is -0.117. The standard InChI is InChI=1S/C48H94N8O2/c1-19-39(57)55(37-30-45(10,11)51-46(12,13)31-37)24-21-25-56(38-32-47(14,15)52-48(16,17)33-38)40(58)34-54(36-28-43(6,7)50-44(8,9)29-36)23-20-22-53(18)35-26-41(2,3)49-42(4,5)27-35/h35-38,49-52H,19-34H2,1-18H3. The van der Waals surface area contributed by atoms with Crippen LogP contribution in [0.1, 0.15) is 188 Å². The lowest BCUT2D eigenvalue weighted by Crippen LogP contribution is -2.65. The first-order chi connectivity index (χ1) is 26.2. The van der Waals surface area contributed by atoms with Crippen molar-refractivity contribution in [2.45, 2.75) is 257 Å². The first kappa shape index (κ1) is 49.4. The molecule has 0 spiro atoms. The average molecular weight is 815 g/mol. The molecule has 0 aromatic heterocycles. The number of hydrogen-bond donors (Lipinski definition) is 4. The van der Waals surface area contributed by atoms with Gasteiger partial charge in [0.1, 0.15) is 0 Å². The van der Waals surface area contributed by atoms with Crippen LogP contribution in [0.4, 0.5) is 0 Å². The number of piperidine rings is 4. The van der Waals surface area contributed by atoms with Crippen molar-refractivity contribution >= 4 is 11.8 Å². The van der Waals surface area contributed by atoms with Gasteiger partial charge in [-0.3, -0.25) is 14.5 Å². The summed E-state index contributed by atoms with van der Waals surface area (Å²) in [6, 6.07) is 1.15. The van der Waals surface area contributed by atoms with Crippen molar-refractivity contribution < 1.29 is 9.59 Å². The van der Waals surface area contributed by atoms with E-state index in [1.54, 1.807) is 0 Å². The molecule has 4 aliphatic rings. The first-order valence-corrected chi connectivity index (χ1v) is 23.4. The number of carbonyl (C=O) groups excluding carboxylic acids is 2. The third-order valence-corrected chi connectivity index (χ3v) is 13.7. The molecule has 0 aromatic carbocycles. The smallest absolute Gasteiger partial charge is 0.237 e. The van der Waals surface area contributed by atoms with Crippen molar-refractivity contribution in [3.8, 4) is 0 Å². The fourth-order valence-electron chi connectivity index (χ4n) is 13.1. The van der Waals surface area contributed by atoms with Crippen molar-refractivity contribution in [3.63, 3.8) is 0 Å². The number of carbonyl (C=O) groups is 2. The maximum Gasteiger partial charge on any atom is 0.237 e. The quantitative estimate of drug-likeness (QED) is 0.137. The van der Waals surface area contributed by atoms with Gasteiger partial charge >= 0.3 is 0 Å². The summed E-state index contributed by atoms with van der Waals surface area (Å²) in [4.78, 5) is 38.5. The molecule has 0 bridgehead atoms. The number of nitrogens with one attached hydrogen (secondary N) is 4. The number of amides is 2. The zero-order chi connectivity index (χ0) is 43.9. The Hall–Kier alpha value is -1.30. The molecule has 2 amide bonds. The van der Waals surface area contributed by atoms with Gasteiger partial charge in [-0.05, 0) is 189 Å². The van der Waals surface area contributed by atoms with Gasteiger partial charge in [0.25, 0.3) is 0 Å². The second kappa shape index (κ2) is 17.8. The second-order valence-electron chi connectivity index (χ2n) is 25.0. The van der Waals surface area contributed by atoms with E-state index < -0.39 is 0 Å². The highest BCUT2D eigenvalue weighted by atomic mass is 16.2. The Bertz CT molecular complexity index is 1340. The molecule has 0 radical (unpaired) electrons. The van der Waals surface area contributed by atoms with Gasteiger partial charge in [0.05, 0.1) is 6.54 Å². The molecule has 0 aliphatic carbocycles. The summed E-state index contributed by atoms with van der Waals surface area (Å²) < 4.78 is 0. The summed E-state index contributed by atoms with van der Waals surface area (Å²) in [7, 11) is 2.31. The van der Waals surface area contributed by atoms with E-state index in [9.17, 15) is 4.79 Å². The highest BCUT2D eigenvalue weighted by Crippen LogP contribution is 2.36. The van der Waals surface area contributed by atoms with Gasteiger partial charge in [-0.15, -0.1) is 0 Å². The Labute approximate surface area is 357 Å². The molecule has 4 fully saturated rings. The number of rotatable bonds is 15. The monoisotopic (exact) mass is 815 g/mol. The van der Waals surface area contributed by atoms with Gasteiger partial charge in [-0.25, -0.2) is 0 Å². The maximum absolute atomic E-state index is 15.2. The largest absolute Gasteiger partial charge is 0.340 e. The molecule has 4 N–H and O–H groups in total. The molecule has 338 valence electrons. The van der Waals surface area contributed by atoms with E-state index in [4.69, 9.17) is 0 Å². The molecular weight excluding hydrogens is 721 g/mol. The normalized spacial score (nSPS) is 26.8. The van der Waals surface area contributed by atoms with Crippen molar-refractivity contribution in [3.05, 3.63) is 0 Å². The number of nitrogens with zero attached hydrogens (tertiary/aromatic N) is 4. The third kappa shape index (κ3) is 14.4. The van der Waals surface area contributed by atoms with Crippen molar-refractivity contribution in [1.82, 2.24) is 40.9 Å². The van der Waals surface area contributed by atoms with Crippen molar-refractivity contribution in [2.75, 3.05) is 39.8 Å². The molecular formula is C48H94N8O2. The summed E-state index contributed by atoms with van der Waals surface area (Å²) in [6.07, 6.45) is 10.3. The van der Waals surface area contributed by atoms with Crippen LogP contribution < -0.4 is 21.3 Å². The Balaban J connectivity index is 1.58. The molecule has 58 heavy (non-hydrogen) atoms. The predicted molar refractivity (Wildman–Crippen MR) is 244 cm³/mol. The van der Waals surface area contributed by atoms with Gasteiger partial charge in [0.15, 0.2) is 0 Å². The first-order valence-electron chi connectivity index (χ1n) is 23.4. The minimum atomic E-state index is -0.0907. The predicted octanol–water partition coefficient (Wildman–Crippen LogP) is 7.30. The lowest BCUT2D eigenvalue weighted by Gasteiger charge is -2.51. The lowest BCUT2D eigenvalue weighted by molar-refractivity contribution is -0.138. The summed E-state index contributed by atoms with van der Waals surface area (Å²) >= 11 is 0. The molecule has 4 heterocycles. The summed E-state index contributed by atoms with van der Waals surface area (Å²) in [5, 5.41) is 15.5. The third-order valence-electron chi connectivity index (χ3n) is 13.7. The Morgan fingerprint density at radius 1 is 0.431 bits per heavy atom. The van der Waals surface area contributed by atoms with E-state index in [-0.39, 0.29) is 68.2 Å². The van der Waals surface area contributed by atoms with E-state index in [0.29, 0.717) is 38.1 Å². The second-order valence-corrected chi connectivity index (χ2v) is 25.0. The Morgan fingerprint density at radius 2 is 0.724 bits per heavy atom. The van der Waals surface area contributed by atoms with Gasteiger partial charge in [0.2, 0.25) is 11.8 Å². The van der Waals surface area contributed by atoms with Crippen LogP contribution in [0.5, 0.6) is 0 Å². The van der Waals surface area contributed by atoms with Gasteiger partial charge < -0.3 is 36.0 Å². The van der Waals surface area contributed by atoms with Crippen LogP contribution in [0.2, 0.25) is 0 Å². The van der Waals surface area contributed by atoms with Crippen LogP contribution in [0.15, 0.2) is 0 Å². The molecule has 0 saturated carbocycles. The van der Waals surface area contributed by atoms with Crippen LogP contribution in [0.3, 0.4) is 0 Å². The molecule has 10 heteroatoms. The molecule has 4 aliphatic heterocycles.